The molecular formula is C20H20N6O2. The van der Waals surface area contributed by atoms with Gasteiger partial charge in [0.15, 0.2) is 5.65 Å². The lowest BCUT2D eigenvalue weighted by Gasteiger charge is -2.29. The van der Waals surface area contributed by atoms with Crippen molar-refractivity contribution in [1.29, 1.82) is 0 Å². The van der Waals surface area contributed by atoms with E-state index in [0.29, 0.717) is 30.8 Å². The molecule has 5 rings (SSSR count). The van der Waals surface area contributed by atoms with Crippen LogP contribution in [-0.4, -0.2) is 61.3 Å². The highest BCUT2D eigenvalue weighted by atomic mass is 16.2. The molecule has 0 aliphatic carbocycles. The Morgan fingerprint density at radius 2 is 1.86 bits per heavy atom. The van der Waals surface area contributed by atoms with E-state index in [4.69, 9.17) is 0 Å². The summed E-state index contributed by atoms with van der Waals surface area (Å²) in [6.45, 7) is 3.61. The van der Waals surface area contributed by atoms with Crippen molar-refractivity contribution in [2.45, 2.75) is 13.0 Å². The molecule has 0 bridgehead atoms. The fourth-order valence-corrected chi connectivity index (χ4v) is 4.66. The highest BCUT2D eigenvalue weighted by Crippen LogP contribution is 2.45. The van der Waals surface area contributed by atoms with Gasteiger partial charge in [0.1, 0.15) is 0 Å². The molecule has 3 aromatic rings. The first-order chi connectivity index (χ1) is 13.6. The number of hydrogen-bond donors (Lipinski definition) is 0. The SMILES string of the molecule is CC(=O)N1C[C@H]2CN(C(=O)c3ccc4nnnn4c3)C[C@H]2[C@@H]1c1ccccc1. The van der Waals surface area contributed by atoms with Crippen molar-refractivity contribution in [3.63, 3.8) is 0 Å². The first kappa shape index (κ1) is 16.9. The van der Waals surface area contributed by atoms with Crippen LogP contribution in [0, 0.1) is 11.8 Å². The fourth-order valence-electron chi connectivity index (χ4n) is 4.66. The molecule has 28 heavy (non-hydrogen) atoms. The third kappa shape index (κ3) is 2.64. The molecular weight excluding hydrogens is 356 g/mol. The summed E-state index contributed by atoms with van der Waals surface area (Å²) in [6, 6.07) is 13.6. The van der Waals surface area contributed by atoms with E-state index >= 15 is 0 Å². The van der Waals surface area contributed by atoms with Crippen molar-refractivity contribution in [3.05, 3.63) is 59.8 Å². The summed E-state index contributed by atoms with van der Waals surface area (Å²) in [5, 5.41) is 11.4. The summed E-state index contributed by atoms with van der Waals surface area (Å²) in [6.07, 6.45) is 1.67. The van der Waals surface area contributed by atoms with Crippen LogP contribution in [0.5, 0.6) is 0 Å². The van der Waals surface area contributed by atoms with Gasteiger partial charge in [-0.25, -0.2) is 0 Å². The lowest BCUT2D eigenvalue weighted by atomic mass is 9.89. The van der Waals surface area contributed by atoms with Crippen molar-refractivity contribution in [3.8, 4) is 0 Å². The zero-order chi connectivity index (χ0) is 19.3. The number of fused-ring (bicyclic) bond motifs is 2. The van der Waals surface area contributed by atoms with Crippen LogP contribution in [0.1, 0.15) is 28.9 Å². The monoisotopic (exact) mass is 376 g/mol. The van der Waals surface area contributed by atoms with Crippen molar-refractivity contribution in [1.82, 2.24) is 29.8 Å². The van der Waals surface area contributed by atoms with E-state index < -0.39 is 0 Å². The third-order valence-electron chi connectivity index (χ3n) is 5.94. The predicted molar refractivity (Wildman–Crippen MR) is 100 cm³/mol. The Labute approximate surface area is 161 Å². The number of pyridine rings is 1. The molecule has 3 atom stereocenters. The standard InChI is InChI=1S/C20H20N6O2/c1-13(27)25-10-16-9-24(12-17(16)19(25)14-5-3-2-4-6-14)20(28)15-7-8-18-21-22-23-26(18)11-15/h2-8,11,16-17,19H,9-10,12H2,1H3/t16-,17-,19+/m1/s1. The molecule has 8 nitrogen and oxygen atoms in total. The molecule has 2 aromatic heterocycles. The minimum Gasteiger partial charge on any atom is -0.338 e. The van der Waals surface area contributed by atoms with Crippen molar-refractivity contribution < 1.29 is 9.59 Å². The van der Waals surface area contributed by atoms with Gasteiger partial charge in [0.2, 0.25) is 5.91 Å². The summed E-state index contributed by atoms with van der Waals surface area (Å²) in [4.78, 5) is 29.1. The highest BCUT2D eigenvalue weighted by Gasteiger charge is 2.49. The van der Waals surface area contributed by atoms with Gasteiger partial charge >= 0.3 is 0 Å². The van der Waals surface area contributed by atoms with Crippen molar-refractivity contribution in [2.75, 3.05) is 19.6 Å². The van der Waals surface area contributed by atoms with Crippen LogP contribution in [0.3, 0.4) is 0 Å². The molecule has 0 N–H and O–H groups in total. The molecule has 0 spiro atoms. The maximum absolute atomic E-state index is 13.1. The Morgan fingerprint density at radius 3 is 2.64 bits per heavy atom. The molecule has 4 heterocycles. The molecule has 2 saturated heterocycles. The first-order valence-electron chi connectivity index (χ1n) is 9.41. The first-order valence-corrected chi connectivity index (χ1v) is 9.41. The summed E-state index contributed by atoms with van der Waals surface area (Å²) in [7, 11) is 0. The van der Waals surface area contributed by atoms with E-state index in [9.17, 15) is 9.59 Å². The largest absolute Gasteiger partial charge is 0.338 e. The predicted octanol–water partition coefficient (Wildman–Crippen LogP) is 1.42. The molecule has 2 fully saturated rings. The van der Waals surface area contributed by atoms with Gasteiger partial charge in [-0.15, -0.1) is 5.10 Å². The zero-order valence-electron chi connectivity index (χ0n) is 15.5. The summed E-state index contributed by atoms with van der Waals surface area (Å²) >= 11 is 0. The summed E-state index contributed by atoms with van der Waals surface area (Å²) in [5.74, 6) is 0.597. The molecule has 0 unspecified atom stereocenters. The second-order valence-corrected chi connectivity index (χ2v) is 7.56. The van der Waals surface area contributed by atoms with E-state index in [1.165, 1.54) is 4.52 Å². The van der Waals surface area contributed by atoms with Gasteiger partial charge in [-0.2, -0.15) is 4.52 Å². The maximum atomic E-state index is 13.1. The second kappa shape index (κ2) is 6.40. The van der Waals surface area contributed by atoms with E-state index in [2.05, 4.69) is 27.7 Å². The molecule has 1 aromatic carbocycles. The number of rotatable bonds is 2. The van der Waals surface area contributed by atoms with E-state index in [1.807, 2.05) is 28.0 Å². The number of aromatic nitrogens is 4. The van der Waals surface area contributed by atoms with Crippen LogP contribution in [0.2, 0.25) is 0 Å². The summed E-state index contributed by atoms with van der Waals surface area (Å²) < 4.78 is 1.51. The number of carbonyl (C=O) groups is 2. The van der Waals surface area contributed by atoms with Crippen LogP contribution in [0.4, 0.5) is 0 Å². The number of amides is 2. The van der Waals surface area contributed by atoms with Crippen LogP contribution in [0.15, 0.2) is 48.7 Å². The molecule has 2 amide bonds. The smallest absolute Gasteiger partial charge is 0.255 e. The highest BCUT2D eigenvalue weighted by molar-refractivity contribution is 5.94. The van der Waals surface area contributed by atoms with Gasteiger partial charge in [0.05, 0.1) is 11.6 Å². The topological polar surface area (TPSA) is 83.7 Å². The molecule has 142 valence electrons. The molecule has 2 aliphatic rings. The van der Waals surface area contributed by atoms with Crippen LogP contribution >= 0.6 is 0 Å². The minimum atomic E-state index is -0.0204. The summed E-state index contributed by atoms with van der Waals surface area (Å²) in [5.41, 5.74) is 2.31. The van der Waals surface area contributed by atoms with Gasteiger partial charge in [-0.05, 0) is 28.1 Å². The lowest BCUT2D eigenvalue weighted by molar-refractivity contribution is -0.130. The average Bonchev–Trinajstić information content (AvgIpc) is 3.41. The van der Waals surface area contributed by atoms with Gasteiger partial charge in [-0.3, -0.25) is 9.59 Å². The van der Waals surface area contributed by atoms with Crippen LogP contribution in [-0.2, 0) is 4.79 Å². The fraction of sp³-hybridized carbons (Fsp3) is 0.350. The van der Waals surface area contributed by atoms with E-state index in [1.54, 1.807) is 25.3 Å². The van der Waals surface area contributed by atoms with E-state index in [0.717, 1.165) is 5.56 Å². The van der Waals surface area contributed by atoms with Gasteiger partial charge in [0, 0.05) is 44.6 Å². The molecule has 0 radical (unpaired) electrons. The Morgan fingerprint density at radius 1 is 1.04 bits per heavy atom. The van der Waals surface area contributed by atoms with Gasteiger partial charge in [-0.1, -0.05) is 30.3 Å². The Hall–Kier alpha value is -3.29. The quantitative estimate of drug-likeness (QED) is 0.675. The van der Waals surface area contributed by atoms with Crippen LogP contribution < -0.4 is 0 Å². The third-order valence-corrected chi connectivity index (χ3v) is 5.94. The normalized spacial score (nSPS) is 24.0. The van der Waals surface area contributed by atoms with Gasteiger partial charge < -0.3 is 9.80 Å². The Kier molecular flexibility index (Phi) is 3.85. The lowest BCUT2D eigenvalue weighted by Crippen LogP contribution is -2.36. The average molecular weight is 376 g/mol. The number of tetrazole rings is 1. The molecule has 2 aliphatic heterocycles. The number of likely N-dealkylation sites (tertiary alicyclic amines) is 2. The molecule has 0 saturated carbocycles. The minimum absolute atomic E-state index is 0.0171. The van der Waals surface area contributed by atoms with Crippen LogP contribution in [0.25, 0.3) is 5.65 Å². The second-order valence-electron chi connectivity index (χ2n) is 7.56. The Bertz CT molecular complexity index is 1050. The van der Waals surface area contributed by atoms with Gasteiger partial charge in [0.25, 0.3) is 5.91 Å². The zero-order valence-corrected chi connectivity index (χ0v) is 15.5. The number of hydrogen-bond acceptors (Lipinski definition) is 5. The number of benzene rings is 1. The van der Waals surface area contributed by atoms with Crippen molar-refractivity contribution in [2.24, 2.45) is 11.8 Å². The van der Waals surface area contributed by atoms with E-state index in [-0.39, 0.29) is 29.7 Å². The maximum Gasteiger partial charge on any atom is 0.255 e. The number of carbonyl (C=O) groups excluding carboxylic acids is 2. The van der Waals surface area contributed by atoms with Crippen molar-refractivity contribution >= 4 is 17.5 Å². The Balaban J connectivity index is 1.41. The molecule has 8 heteroatoms. The number of nitrogens with zero attached hydrogens (tertiary/aromatic N) is 6.